The molecule has 0 aliphatic carbocycles. The van der Waals surface area contributed by atoms with Crippen molar-refractivity contribution in [3.8, 4) is 23.1 Å². The number of hydrogen-bond donors (Lipinski definition) is 1. The number of fused-ring (bicyclic) bond motifs is 1. The average molecular weight is 690 g/mol. The first kappa shape index (κ1) is 33.4. The summed E-state index contributed by atoms with van der Waals surface area (Å²) in [5, 5.41) is 19.5. The van der Waals surface area contributed by atoms with Gasteiger partial charge in [-0.25, -0.2) is 9.37 Å². The SMILES string of the molecule is C=CC(=O)N1CCN(c2c(C#N)c(=O)n(C3C(C(C)C)=NC=CC3C)c3nc(-c4c(Cl)c(O)c(F)c(F)c4Cl)c(Cl)cc23)C[C@H]1C. The highest BCUT2D eigenvalue weighted by Crippen LogP contribution is 2.46. The molecule has 4 heterocycles. The molecule has 1 saturated heterocycles. The molecule has 3 aromatic rings. The largest absolute Gasteiger partial charge is 0.504 e. The van der Waals surface area contributed by atoms with Gasteiger partial charge in [0, 0.05) is 54.5 Å². The third-order valence-corrected chi connectivity index (χ3v) is 9.39. The molecule has 2 aliphatic rings. The summed E-state index contributed by atoms with van der Waals surface area (Å²) < 4.78 is 30.5. The monoisotopic (exact) mass is 688 g/mol. The Balaban J connectivity index is 1.89. The second-order valence-corrected chi connectivity index (χ2v) is 12.7. The second kappa shape index (κ2) is 12.7. The van der Waals surface area contributed by atoms with Gasteiger partial charge in [0.2, 0.25) is 11.7 Å². The van der Waals surface area contributed by atoms with Crippen molar-refractivity contribution in [3.63, 3.8) is 0 Å². The smallest absolute Gasteiger partial charge is 0.272 e. The molecule has 0 spiro atoms. The van der Waals surface area contributed by atoms with Gasteiger partial charge in [-0.3, -0.25) is 19.1 Å². The van der Waals surface area contributed by atoms with Crippen LogP contribution >= 0.6 is 34.8 Å². The van der Waals surface area contributed by atoms with Gasteiger partial charge < -0.3 is 14.9 Å². The number of aromatic hydroxyl groups is 1. The van der Waals surface area contributed by atoms with Crippen molar-refractivity contribution >= 4 is 63.1 Å². The van der Waals surface area contributed by atoms with E-state index >= 15 is 0 Å². The van der Waals surface area contributed by atoms with E-state index in [1.165, 1.54) is 16.7 Å². The molecule has 14 heteroatoms. The molecule has 2 aromatic heterocycles. The van der Waals surface area contributed by atoms with Crippen LogP contribution in [-0.4, -0.2) is 56.9 Å². The Morgan fingerprint density at radius 3 is 2.50 bits per heavy atom. The van der Waals surface area contributed by atoms with Crippen LogP contribution in [0.2, 0.25) is 15.1 Å². The molecule has 46 heavy (non-hydrogen) atoms. The minimum absolute atomic E-state index is 0.0486. The molecule has 1 amide bonds. The second-order valence-electron chi connectivity index (χ2n) is 11.6. The highest BCUT2D eigenvalue weighted by molar-refractivity contribution is 6.42. The molecule has 2 aliphatic heterocycles. The Hall–Kier alpha value is -3.98. The number of nitriles is 1. The van der Waals surface area contributed by atoms with Gasteiger partial charge in [-0.1, -0.05) is 68.2 Å². The number of phenolic OH excluding ortho intramolecular Hbond substituents is 1. The third-order valence-electron chi connectivity index (χ3n) is 8.38. The minimum Gasteiger partial charge on any atom is -0.504 e. The van der Waals surface area contributed by atoms with Crippen molar-refractivity contribution in [2.75, 3.05) is 24.5 Å². The topological polar surface area (TPSA) is 115 Å². The summed E-state index contributed by atoms with van der Waals surface area (Å²) in [7, 11) is 0. The van der Waals surface area contributed by atoms with E-state index in [0.29, 0.717) is 11.1 Å². The summed E-state index contributed by atoms with van der Waals surface area (Å²) in [6, 6.07) is 2.55. The van der Waals surface area contributed by atoms with Crippen LogP contribution in [0.25, 0.3) is 22.3 Å². The van der Waals surface area contributed by atoms with Crippen molar-refractivity contribution in [3.05, 3.63) is 73.6 Å². The number of carbonyl (C=O) groups excluding carboxylic acids is 1. The number of allylic oxidation sites excluding steroid dienone is 1. The molecule has 1 N–H and O–H groups in total. The van der Waals surface area contributed by atoms with Crippen LogP contribution in [-0.2, 0) is 4.79 Å². The number of piperazine rings is 1. The fraction of sp³-hybridized carbons (Fsp3) is 0.344. The number of benzene rings is 1. The number of pyridine rings is 2. The van der Waals surface area contributed by atoms with E-state index in [1.54, 1.807) is 11.1 Å². The van der Waals surface area contributed by atoms with Gasteiger partial charge in [0.15, 0.2) is 11.6 Å². The predicted octanol–water partition coefficient (Wildman–Crippen LogP) is 6.90. The molecule has 0 saturated carbocycles. The summed E-state index contributed by atoms with van der Waals surface area (Å²) in [5.41, 5.74) is -0.471. The molecular weight excluding hydrogens is 661 g/mol. The van der Waals surface area contributed by atoms with E-state index < -0.39 is 39.0 Å². The number of hydrogen-bond acceptors (Lipinski definition) is 7. The lowest BCUT2D eigenvalue weighted by Gasteiger charge is -2.41. The molecule has 1 aromatic carbocycles. The van der Waals surface area contributed by atoms with E-state index in [9.17, 15) is 28.7 Å². The summed E-state index contributed by atoms with van der Waals surface area (Å²) in [6.07, 6.45) is 4.72. The molecule has 0 radical (unpaired) electrons. The number of aliphatic imine (C=N–C) groups is 1. The predicted molar refractivity (Wildman–Crippen MR) is 176 cm³/mol. The number of halogens is 5. The number of phenols is 1. The fourth-order valence-electron chi connectivity index (χ4n) is 6.16. The number of nitrogens with zero attached hydrogens (tertiary/aromatic N) is 6. The first-order valence-electron chi connectivity index (χ1n) is 14.4. The van der Waals surface area contributed by atoms with Crippen LogP contribution in [0.1, 0.15) is 39.3 Å². The van der Waals surface area contributed by atoms with Crippen LogP contribution in [0.4, 0.5) is 14.5 Å². The van der Waals surface area contributed by atoms with Gasteiger partial charge in [-0.2, -0.15) is 9.65 Å². The van der Waals surface area contributed by atoms with Gasteiger partial charge in [0.05, 0.1) is 32.5 Å². The number of aromatic nitrogens is 2. The lowest BCUT2D eigenvalue weighted by molar-refractivity contribution is -0.128. The average Bonchev–Trinajstić information content (AvgIpc) is 3.02. The summed E-state index contributed by atoms with van der Waals surface area (Å²) in [4.78, 5) is 39.7. The van der Waals surface area contributed by atoms with Crippen molar-refractivity contribution in [2.24, 2.45) is 16.8 Å². The normalized spacial score (nSPS) is 19.8. The van der Waals surface area contributed by atoms with Crippen LogP contribution in [0.3, 0.4) is 0 Å². The summed E-state index contributed by atoms with van der Waals surface area (Å²) in [6.45, 7) is 12.0. The number of anilines is 1. The van der Waals surface area contributed by atoms with Crippen LogP contribution < -0.4 is 10.5 Å². The van der Waals surface area contributed by atoms with Gasteiger partial charge in [0.25, 0.3) is 5.56 Å². The summed E-state index contributed by atoms with van der Waals surface area (Å²) >= 11 is 19.3. The number of carbonyl (C=O) groups is 1. The first-order chi connectivity index (χ1) is 21.7. The maximum atomic E-state index is 14.8. The van der Waals surface area contributed by atoms with Crippen LogP contribution in [0.15, 0.2) is 40.8 Å². The number of rotatable bonds is 5. The molecule has 5 rings (SSSR count). The zero-order valence-corrected chi connectivity index (χ0v) is 27.6. The molecular formula is C32H29Cl3F2N6O3. The molecule has 1 fully saturated rings. The Kier molecular flexibility index (Phi) is 9.19. The van der Waals surface area contributed by atoms with Crippen LogP contribution in [0, 0.1) is 34.8 Å². The quantitative estimate of drug-likeness (QED) is 0.177. The Morgan fingerprint density at radius 2 is 1.89 bits per heavy atom. The van der Waals surface area contributed by atoms with E-state index in [-0.39, 0.29) is 76.6 Å². The number of amides is 1. The summed E-state index contributed by atoms with van der Waals surface area (Å²) in [5.74, 6) is -5.02. The maximum Gasteiger partial charge on any atom is 0.272 e. The van der Waals surface area contributed by atoms with Crippen molar-refractivity contribution < 1.29 is 18.7 Å². The minimum atomic E-state index is -1.64. The lowest BCUT2D eigenvalue weighted by atomic mass is 9.88. The molecule has 0 bridgehead atoms. The zero-order chi connectivity index (χ0) is 33.8. The Bertz CT molecular complexity index is 1940. The molecule has 240 valence electrons. The molecule has 2 unspecified atom stereocenters. The molecule has 3 atom stereocenters. The van der Waals surface area contributed by atoms with Gasteiger partial charge >= 0.3 is 0 Å². The van der Waals surface area contributed by atoms with E-state index in [0.717, 1.165) is 0 Å². The highest BCUT2D eigenvalue weighted by atomic mass is 35.5. The standard InChI is InChI=1S/C32H29Cl3F2N6O3/c1-6-20(44)42-10-9-41(13-16(42)5)29-17-11-19(33)27(21-22(34)24(36)25(37)30(45)23(21)35)40-31(17)43(32(46)18(29)12-38)28-15(4)7-8-39-26(28)14(2)3/h6-8,11,14-16,28,45H,1,9-10,13H2,2-5H3/t15?,16-,28?/m1/s1. The molecule has 9 nitrogen and oxygen atoms in total. The maximum absolute atomic E-state index is 14.8. The van der Waals surface area contributed by atoms with E-state index in [1.807, 2.05) is 38.7 Å². The van der Waals surface area contributed by atoms with Gasteiger partial charge in [-0.05, 0) is 25.0 Å². The van der Waals surface area contributed by atoms with E-state index in [2.05, 4.69) is 17.6 Å². The van der Waals surface area contributed by atoms with Crippen LogP contribution in [0.5, 0.6) is 5.75 Å². The Morgan fingerprint density at radius 1 is 1.20 bits per heavy atom. The van der Waals surface area contributed by atoms with Crippen molar-refractivity contribution in [1.82, 2.24) is 14.5 Å². The van der Waals surface area contributed by atoms with Crippen molar-refractivity contribution in [1.29, 1.82) is 5.26 Å². The highest BCUT2D eigenvalue weighted by Gasteiger charge is 2.36. The van der Waals surface area contributed by atoms with Gasteiger partial charge in [0.1, 0.15) is 17.3 Å². The fourth-order valence-corrected chi connectivity index (χ4v) is 6.99. The first-order valence-corrected chi connectivity index (χ1v) is 15.5. The zero-order valence-electron chi connectivity index (χ0n) is 25.3. The van der Waals surface area contributed by atoms with E-state index in [4.69, 9.17) is 39.8 Å². The Labute approximate surface area is 278 Å². The third kappa shape index (κ3) is 5.32. The van der Waals surface area contributed by atoms with Gasteiger partial charge in [-0.15, -0.1) is 0 Å². The lowest BCUT2D eigenvalue weighted by Crippen LogP contribution is -2.54. The van der Waals surface area contributed by atoms with Crippen molar-refractivity contribution in [2.45, 2.75) is 39.8 Å².